The smallest absolute Gasteiger partial charge is 0.148 e. The lowest BCUT2D eigenvalue weighted by Crippen LogP contribution is -2.22. The fraction of sp³-hybridized carbons (Fsp3) is 0.438. The van der Waals surface area contributed by atoms with Gasteiger partial charge in [0, 0.05) is 23.9 Å². The highest BCUT2D eigenvalue weighted by molar-refractivity contribution is 5.99. The zero-order valence-corrected chi connectivity index (χ0v) is 13.5. The summed E-state index contributed by atoms with van der Waals surface area (Å²) in [5.74, 6) is 0.651. The minimum atomic E-state index is -0.509. The van der Waals surface area contributed by atoms with Crippen molar-refractivity contribution < 1.29 is 9.84 Å². The van der Waals surface area contributed by atoms with E-state index in [9.17, 15) is 5.11 Å². The van der Waals surface area contributed by atoms with Gasteiger partial charge in [-0.05, 0) is 19.4 Å². The van der Waals surface area contributed by atoms with Gasteiger partial charge in [-0.15, -0.1) is 0 Å². The molecule has 1 fully saturated rings. The van der Waals surface area contributed by atoms with Gasteiger partial charge in [0.25, 0.3) is 0 Å². The van der Waals surface area contributed by atoms with Crippen LogP contribution in [0.2, 0.25) is 0 Å². The monoisotopic (exact) mass is 328 g/mol. The molecule has 0 spiro atoms. The third-order valence-electron chi connectivity index (χ3n) is 4.63. The molecule has 1 unspecified atom stereocenters. The summed E-state index contributed by atoms with van der Waals surface area (Å²) < 4.78 is 8.06. The summed E-state index contributed by atoms with van der Waals surface area (Å²) in [4.78, 5) is 8.53. The number of nitrogens with zero attached hydrogens (tertiary/aromatic N) is 4. The Morgan fingerprint density at radius 3 is 2.96 bits per heavy atom. The number of anilines is 1. The number of aliphatic hydroxyl groups excluding tert-OH is 1. The molecule has 8 heteroatoms. The van der Waals surface area contributed by atoms with Crippen LogP contribution < -0.4 is 5.73 Å². The Labute approximate surface area is 138 Å². The highest BCUT2D eigenvalue weighted by atomic mass is 16.5. The van der Waals surface area contributed by atoms with E-state index in [1.54, 1.807) is 13.1 Å². The SMILES string of the molecule is CC(O)[C@@H]1C[C@H](C)[C@H](n2cc(-c3cc[nH]n3)c3c(N)ncnc32)O1. The molecular formula is C16H20N6O2. The van der Waals surface area contributed by atoms with Gasteiger partial charge in [0.15, 0.2) is 0 Å². The average Bonchev–Trinajstić information content (AvgIpc) is 3.24. The molecular weight excluding hydrogens is 308 g/mol. The van der Waals surface area contributed by atoms with Crippen LogP contribution >= 0.6 is 0 Å². The molecule has 0 radical (unpaired) electrons. The molecule has 8 nitrogen and oxygen atoms in total. The van der Waals surface area contributed by atoms with Crippen LogP contribution in [0.4, 0.5) is 5.82 Å². The van der Waals surface area contributed by atoms with Crippen molar-refractivity contribution in [2.45, 2.75) is 38.7 Å². The van der Waals surface area contributed by atoms with Gasteiger partial charge in [-0.2, -0.15) is 5.10 Å². The van der Waals surface area contributed by atoms with Gasteiger partial charge in [0.1, 0.15) is 24.0 Å². The van der Waals surface area contributed by atoms with E-state index in [1.807, 2.05) is 16.8 Å². The van der Waals surface area contributed by atoms with E-state index in [0.717, 1.165) is 23.1 Å². The third kappa shape index (κ3) is 2.26. The Balaban J connectivity index is 1.87. The number of hydrogen-bond acceptors (Lipinski definition) is 6. The zero-order chi connectivity index (χ0) is 16.8. The highest BCUT2D eigenvalue weighted by Crippen LogP contribution is 2.40. The van der Waals surface area contributed by atoms with Crippen LogP contribution in [0.3, 0.4) is 0 Å². The predicted octanol–water partition coefficient (Wildman–Crippen LogP) is 1.71. The maximum Gasteiger partial charge on any atom is 0.148 e. The molecule has 1 saturated heterocycles. The van der Waals surface area contributed by atoms with Crippen molar-refractivity contribution in [3.63, 3.8) is 0 Å². The summed E-state index contributed by atoms with van der Waals surface area (Å²) in [5.41, 5.74) is 8.45. The number of fused-ring (bicyclic) bond motifs is 1. The molecule has 4 N–H and O–H groups in total. The highest BCUT2D eigenvalue weighted by Gasteiger charge is 2.37. The summed E-state index contributed by atoms with van der Waals surface area (Å²) in [6.45, 7) is 3.86. The first kappa shape index (κ1) is 15.1. The van der Waals surface area contributed by atoms with E-state index in [1.165, 1.54) is 6.33 Å². The number of ether oxygens (including phenoxy) is 1. The van der Waals surface area contributed by atoms with Crippen molar-refractivity contribution in [2.75, 3.05) is 5.73 Å². The fourth-order valence-corrected chi connectivity index (χ4v) is 3.41. The number of nitrogen functional groups attached to an aromatic ring is 1. The van der Waals surface area contributed by atoms with Gasteiger partial charge >= 0.3 is 0 Å². The molecule has 4 atom stereocenters. The Morgan fingerprint density at radius 1 is 1.46 bits per heavy atom. The van der Waals surface area contributed by atoms with Crippen molar-refractivity contribution in [3.8, 4) is 11.3 Å². The molecule has 0 saturated carbocycles. The van der Waals surface area contributed by atoms with Gasteiger partial charge in [0.05, 0.1) is 23.3 Å². The topological polar surface area (TPSA) is 115 Å². The molecule has 3 aromatic heterocycles. The van der Waals surface area contributed by atoms with E-state index in [-0.39, 0.29) is 18.2 Å². The molecule has 4 heterocycles. The van der Waals surface area contributed by atoms with Crippen molar-refractivity contribution in [1.29, 1.82) is 0 Å². The van der Waals surface area contributed by atoms with Crippen LogP contribution in [0.25, 0.3) is 22.3 Å². The number of aliphatic hydroxyl groups is 1. The number of aromatic nitrogens is 5. The number of nitrogens with one attached hydrogen (secondary N) is 1. The molecule has 0 bridgehead atoms. The van der Waals surface area contributed by atoms with Gasteiger partial charge in [-0.25, -0.2) is 9.97 Å². The van der Waals surface area contributed by atoms with E-state index in [2.05, 4.69) is 27.1 Å². The molecule has 0 amide bonds. The van der Waals surface area contributed by atoms with Crippen LogP contribution in [-0.4, -0.2) is 42.0 Å². The largest absolute Gasteiger partial charge is 0.391 e. The molecule has 1 aliphatic rings. The molecule has 3 aromatic rings. The van der Waals surface area contributed by atoms with E-state index in [4.69, 9.17) is 10.5 Å². The van der Waals surface area contributed by atoms with Crippen molar-refractivity contribution in [3.05, 3.63) is 24.8 Å². The number of H-pyrrole nitrogens is 1. The molecule has 1 aliphatic heterocycles. The number of rotatable bonds is 3. The Morgan fingerprint density at radius 2 is 2.29 bits per heavy atom. The lowest BCUT2D eigenvalue weighted by molar-refractivity contribution is -0.0571. The van der Waals surface area contributed by atoms with E-state index in [0.29, 0.717) is 11.5 Å². The maximum atomic E-state index is 9.85. The first-order valence-corrected chi connectivity index (χ1v) is 8.01. The molecule has 4 rings (SSSR count). The van der Waals surface area contributed by atoms with Crippen LogP contribution in [0.15, 0.2) is 24.8 Å². The maximum absolute atomic E-state index is 9.85. The van der Waals surface area contributed by atoms with E-state index >= 15 is 0 Å². The standard InChI is InChI=1S/C16H20N6O2/c1-8-5-12(9(2)23)24-16(8)22-6-10(11-3-4-20-21-11)13-14(17)18-7-19-15(13)22/h3-4,6-9,12,16,23H,5H2,1-2H3,(H,20,21)(H2,17,18,19)/t8-,9?,12-,16+/m0/s1. The Hall–Kier alpha value is -2.45. The molecule has 24 heavy (non-hydrogen) atoms. The second kappa shape index (κ2) is 5.57. The fourth-order valence-electron chi connectivity index (χ4n) is 3.41. The predicted molar refractivity (Wildman–Crippen MR) is 88.9 cm³/mol. The van der Waals surface area contributed by atoms with E-state index < -0.39 is 6.10 Å². The van der Waals surface area contributed by atoms with Crippen molar-refractivity contribution in [2.24, 2.45) is 5.92 Å². The van der Waals surface area contributed by atoms with Crippen LogP contribution in [-0.2, 0) is 4.74 Å². The van der Waals surface area contributed by atoms with Gasteiger partial charge in [-0.1, -0.05) is 6.92 Å². The summed E-state index contributed by atoms with van der Waals surface area (Å²) >= 11 is 0. The Kier molecular flexibility index (Phi) is 3.50. The van der Waals surface area contributed by atoms with Crippen molar-refractivity contribution >= 4 is 16.9 Å². The van der Waals surface area contributed by atoms with Crippen molar-refractivity contribution in [1.82, 2.24) is 24.7 Å². The molecule has 0 aromatic carbocycles. The van der Waals surface area contributed by atoms with Gasteiger partial charge in [0.2, 0.25) is 0 Å². The molecule has 0 aliphatic carbocycles. The molecule has 126 valence electrons. The normalized spacial score (nSPS) is 25.4. The van der Waals surface area contributed by atoms with Crippen LogP contribution in [0.5, 0.6) is 0 Å². The summed E-state index contributed by atoms with van der Waals surface area (Å²) in [6, 6.07) is 1.88. The summed E-state index contributed by atoms with van der Waals surface area (Å²) in [7, 11) is 0. The first-order chi connectivity index (χ1) is 11.6. The lowest BCUT2D eigenvalue weighted by atomic mass is 10.0. The van der Waals surface area contributed by atoms with Crippen LogP contribution in [0.1, 0.15) is 26.5 Å². The zero-order valence-electron chi connectivity index (χ0n) is 13.5. The third-order valence-corrected chi connectivity index (χ3v) is 4.63. The average molecular weight is 328 g/mol. The van der Waals surface area contributed by atoms with Gasteiger partial charge < -0.3 is 20.1 Å². The number of aromatic amines is 1. The van der Waals surface area contributed by atoms with Gasteiger partial charge in [-0.3, -0.25) is 5.10 Å². The summed E-state index contributed by atoms with van der Waals surface area (Å²) in [6.07, 6.45) is 5.05. The van der Waals surface area contributed by atoms with Crippen LogP contribution in [0, 0.1) is 5.92 Å². The minimum Gasteiger partial charge on any atom is -0.391 e. The first-order valence-electron chi connectivity index (χ1n) is 8.01. The minimum absolute atomic E-state index is 0.185. The number of hydrogen-bond donors (Lipinski definition) is 3. The quantitative estimate of drug-likeness (QED) is 0.674. The number of nitrogens with two attached hydrogens (primary N) is 1. The second-order valence-electron chi connectivity index (χ2n) is 6.39. The Bertz CT molecular complexity index is 857. The summed E-state index contributed by atoms with van der Waals surface area (Å²) in [5, 5.41) is 17.7. The second-order valence-corrected chi connectivity index (χ2v) is 6.39. The lowest BCUT2D eigenvalue weighted by Gasteiger charge is -2.19.